The van der Waals surface area contributed by atoms with E-state index in [2.05, 4.69) is 35.2 Å². The molecule has 1 aliphatic heterocycles. The molecule has 1 aromatic rings. The van der Waals surface area contributed by atoms with Gasteiger partial charge >= 0.3 is 0 Å². The van der Waals surface area contributed by atoms with Gasteiger partial charge in [-0.3, -0.25) is 4.90 Å². The van der Waals surface area contributed by atoms with Crippen LogP contribution in [0.25, 0.3) is 0 Å². The van der Waals surface area contributed by atoms with Crippen LogP contribution in [-0.2, 0) is 0 Å². The maximum absolute atomic E-state index is 9.69. The number of likely N-dealkylation sites (tertiary alicyclic amines) is 1. The van der Waals surface area contributed by atoms with Gasteiger partial charge in [-0.05, 0) is 30.7 Å². The van der Waals surface area contributed by atoms with Gasteiger partial charge in [0.15, 0.2) is 0 Å². The molecule has 1 saturated carbocycles. The van der Waals surface area contributed by atoms with Crippen LogP contribution in [0.15, 0.2) is 30.3 Å². The van der Waals surface area contributed by atoms with E-state index in [1.54, 1.807) is 0 Å². The first-order chi connectivity index (χ1) is 9.38. The Morgan fingerprint density at radius 3 is 2.47 bits per heavy atom. The van der Waals surface area contributed by atoms with Gasteiger partial charge in [0.05, 0.1) is 6.61 Å². The molecule has 1 aromatic carbocycles. The van der Waals surface area contributed by atoms with Crippen LogP contribution in [-0.4, -0.2) is 35.2 Å². The van der Waals surface area contributed by atoms with E-state index in [4.69, 9.17) is 0 Å². The first-order valence-electron chi connectivity index (χ1n) is 7.80. The number of nitrogens with zero attached hydrogens (tertiary/aromatic N) is 1. The van der Waals surface area contributed by atoms with E-state index in [1.807, 2.05) is 0 Å². The summed E-state index contributed by atoms with van der Waals surface area (Å²) in [6, 6.07) is 11.9. The van der Waals surface area contributed by atoms with Crippen LogP contribution in [0.4, 0.5) is 0 Å². The van der Waals surface area contributed by atoms with Crippen molar-refractivity contribution in [2.75, 3.05) is 13.2 Å². The van der Waals surface area contributed by atoms with Gasteiger partial charge in [0.25, 0.3) is 0 Å². The SMILES string of the molecule is OCC1CC(c2ccccc2)CN1C1CCCCC1. The second-order valence-electron chi connectivity index (χ2n) is 6.17. The molecule has 2 fully saturated rings. The molecule has 2 aliphatic rings. The zero-order chi connectivity index (χ0) is 13.1. The lowest BCUT2D eigenvalue weighted by Gasteiger charge is -2.34. The number of benzene rings is 1. The molecule has 0 bridgehead atoms. The Kier molecular flexibility index (Phi) is 4.19. The Labute approximate surface area is 116 Å². The molecular weight excluding hydrogens is 234 g/mol. The van der Waals surface area contributed by atoms with Crippen molar-refractivity contribution in [2.45, 2.75) is 56.5 Å². The number of aliphatic hydroxyl groups is 1. The third kappa shape index (κ3) is 2.85. The van der Waals surface area contributed by atoms with Crippen molar-refractivity contribution in [3.63, 3.8) is 0 Å². The molecular formula is C17H25NO. The summed E-state index contributed by atoms with van der Waals surface area (Å²) in [5, 5.41) is 9.69. The predicted octanol–water partition coefficient (Wildman–Crippen LogP) is 3.17. The average molecular weight is 259 g/mol. The largest absolute Gasteiger partial charge is 0.395 e. The first kappa shape index (κ1) is 13.1. The summed E-state index contributed by atoms with van der Waals surface area (Å²) in [4.78, 5) is 2.61. The quantitative estimate of drug-likeness (QED) is 0.901. The third-order valence-electron chi connectivity index (χ3n) is 4.98. The van der Waals surface area contributed by atoms with Crippen LogP contribution in [0.1, 0.15) is 50.0 Å². The molecule has 0 radical (unpaired) electrons. The lowest BCUT2D eigenvalue weighted by atomic mass is 9.94. The Morgan fingerprint density at radius 1 is 1.05 bits per heavy atom. The Bertz CT molecular complexity index is 386. The molecule has 2 heteroatoms. The molecule has 0 amide bonds. The normalized spacial score (nSPS) is 29.7. The summed E-state index contributed by atoms with van der Waals surface area (Å²) < 4.78 is 0. The summed E-state index contributed by atoms with van der Waals surface area (Å²) in [6.07, 6.45) is 7.92. The van der Waals surface area contributed by atoms with E-state index >= 15 is 0 Å². The van der Waals surface area contributed by atoms with Crippen LogP contribution < -0.4 is 0 Å². The van der Waals surface area contributed by atoms with Crippen molar-refractivity contribution in [1.29, 1.82) is 0 Å². The Morgan fingerprint density at radius 2 is 1.79 bits per heavy atom. The number of hydrogen-bond donors (Lipinski definition) is 1. The van der Waals surface area contributed by atoms with Gasteiger partial charge in [-0.1, -0.05) is 49.6 Å². The minimum atomic E-state index is 0.319. The standard InChI is InChI=1S/C17H25NO/c19-13-17-11-15(14-7-3-1-4-8-14)12-18(17)16-9-5-2-6-10-16/h1,3-4,7-8,15-17,19H,2,5-6,9-13H2. The molecule has 3 rings (SSSR count). The molecule has 1 heterocycles. The maximum atomic E-state index is 9.69. The molecule has 0 spiro atoms. The minimum Gasteiger partial charge on any atom is -0.395 e. The monoisotopic (exact) mass is 259 g/mol. The molecule has 19 heavy (non-hydrogen) atoms. The molecule has 2 atom stereocenters. The van der Waals surface area contributed by atoms with E-state index in [-0.39, 0.29) is 0 Å². The van der Waals surface area contributed by atoms with Crippen molar-refractivity contribution in [2.24, 2.45) is 0 Å². The lowest BCUT2D eigenvalue weighted by molar-refractivity contribution is 0.0977. The topological polar surface area (TPSA) is 23.5 Å². The highest BCUT2D eigenvalue weighted by atomic mass is 16.3. The second-order valence-corrected chi connectivity index (χ2v) is 6.17. The first-order valence-corrected chi connectivity index (χ1v) is 7.80. The third-order valence-corrected chi connectivity index (χ3v) is 4.98. The Hall–Kier alpha value is -0.860. The van der Waals surface area contributed by atoms with Crippen molar-refractivity contribution < 1.29 is 5.11 Å². The molecule has 104 valence electrons. The predicted molar refractivity (Wildman–Crippen MR) is 78.3 cm³/mol. The van der Waals surface area contributed by atoms with E-state index in [1.165, 1.54) is 37.7 Å². The smallest absolute Gasteiger partial charge is 0.0587 e. The fourth-order valence-electron chi connectivity index (χ4n) is 3.95. The van der Waals surface area contributed by atoms with Crippen molar-refractivity contribution in [1.82, 2.24) is 4.90 Å². The van der Waals surface area contributed by atoms with Crippen LogP contribution in [0.5, 0.6) is 0 Å². The molecule has 2 nitrogen and oxygen atoms in total. The zero-order valence-corrected chi connectivity index (χ0v) is 11.7. The van der Waals surface area contributed by atoms with Crippen LogP contribution >= 0.6 is 0 Å². The molecule has 2 unspecified atom stereocenters. The van der Waals surface area contributed by atoms with Crippen LogP contribution in [0, 0.1) is 0 Å². The lowest BCUT2D eigenvalue weighted by Crippen LogP contribution is -2.42. The van der Waals surface area contributed by atoms with Gasteiger partial charge < -0.3 is 5.11 Å². The molecule has 1 saturated heterocycles. The average Bonchev–Trinajstić information content (AvgIpc) is 2.93. The highest BCUT2D eigenvalue weighted by molar-refractivity contribution is 5.22. The van der Waals surface area contributed by atoms with Crippen LogP contribution in [0.3, 0.4) is 0 Å². The van der Waals surface area contributed by atoms with Gasteiger partial charge in [-0.2, -0.15) is 0 Å². The summed E-state index contributed by atoms with van der Waals surface area (Å²) in [7, 11) is 0. The van der Waals surface area contributed by atoms with E-state index in [0.717, 1.165) is 19.0 Å². The maximum Gasteiger partial charge on any atom is 0.0587 e. The highest BCUT2D eigenvalue weighted by Gasteiger charge is 2.36. The van der Waals surface area contributed by atoms with Gasteiger partial charge in [0.1, 0.15) is 0 Å². The zero-order valence-electron chi connectivity index (χ0n) is 11.7. The van der Waals surface area contributed by atoms with Gasteiger partial charge in [-0.15, -0.1) is 0 Å². The number of aliphatic hydroxyl groups excluding tert-OH is 1. The number of rotatable bonds is 3. The number of hydrogen-bond acceptors (Lipinski definition) is 2. The molecule has 1 aliphatic carbocycles. The van der Waals surface area contributed by atoms with E-state index in [9.17, 15) is 5.11 Å². The van der Waals surface area contributed by atoms with Crippen molar-refractivity contribution >= 4 is 0 Å². The fraction of sp³-hybridized carbons (Fsp3) is 0.647. The van der Waals surface area contributed by atoms with Crippen LogP contribution in [0.2, 0.25) is 0 Å². The van der Waals surface area contributed by atoms with Crippen molar-refractivity contribution in [3.05, 3.63) is 35.9 Å². The van der Waals surface area contributed by atoms with E-state index in [0.29, 0.717) is 18.6 Å². The second kappa shape index (κ2) is 6.06. The van der Waals surface area contributed by atoms with Gasteiger partial charge in [0, 0.05) is 18.6 Å². The van der Waals surface area contributed by atoms with E-state index < -0.39 is 0 Å². The summed E-state index contributed by atoms with van der Waals surface area (Å²) in [5.41, 5.74) is 1.44. The van der Waals surface area contributed by atoms with Gasteiger partial charge in [-0.25, -0.2) is 0 Å². The molecule has 0 aromatic heterocycles. The summed E-state index contributed by atoms with van der Waals surface area (Å²) in [5.74, 6) is 0.611. The van der Waals surface area contributed by atoms with Gasteiger partial charge in [0.2, 0.25) is 0 Å². The fourth-order valence-corrected chi connectivity index (χ4v) is 3.95. The summed E-state index contributed by atoms with van der Waals surface area (Å²) >= 11 is 0. The molecule has 1 N–H and O–H groups in total. The Balaban J connectivity index is 1.71. The van der Waals surface area contributed by atoms with Crippen molar-refractivity contribution in [3.8, 4) is 0 Å². The highest BCUT2D eigenvalue weighted by Crippen LogP contribution is 2.36. The minimum absolute atomic E-state index is 0.319. The summed E-state index contributed by atoms with van der Waals surface area (Å²) in [6.45, 7) is 1.46.